The van der Waals surface area contributed by atoms with Crippen molar-refractivity contribution in [2.24, 2.45) is 0 Å². The number of carbonyl (C=O) groups excluding carboxylic acids is 3. The van der Waals surface area contributed by atoms with Crippen molar-refractivity contribution in [1.29, 1.82) is 0 Å². The van der Waals surface area contributed by atoms with Crippen molar-refractivity contribution in [3.05, 3.63) is 60.1 Å². The van der Waals surface area contributed by atoms with Crippen LogP contribution in [0.1, 0.15) is 23.0 Å². The molecule has 2 aromatic rings. The molecule has 0 radical (unpaired) electrons. The molecular weight excluding hydrogens is 298 g/mol. The van der Waals surface area contributed by atoms with Crippen LogP contribution in [0.2, 0.25) is 0 Å². The Kier molecular flexibility index (Phi) is 5.68. The average molecular weight is 315 g/mol. The van der Waals surface area contributed by atoms with Crippen molar-refractivity contribution < 1.29 is 23.5 Å². The Bertz CT molecular complexity index is 664. The van der Waals surface area contributed by atoms with Gasteiger partial charge in [0.05, 0.1) is 12.3 Å². The summed E-state index contributed by atoms with van der Waals surface area (Å²) in [6.45, 7) is 0.931. The Morgan fingerprint density at radius 2 is 1.87 bits per heavy atom. The minimum atomic E-state index is -0.729. The molecule has 0 spiro atoms. The zero-order chi connectivity index (χ0) is 16.7. The zero-order valence-corrected chi connectivity index (χ0v) is 12.7. The van der Waals surface area contributed by atoms with E-state index in [4.69, 9.17) is 9.15 Å². The molecule has 120 valence electrons. The van der Waals surface area contributed by atoms with E-state index in [0.717, 1.165) is 5.56 Å². The van der Waals surface area contributed by atoms with E-state index >= 15 is 0 Å². The summed E-state index contributed by atoms with van der Waals surface area (Å²) in [5.74, 6) is -1.42. The maximum absolute atomic E-state index is 11.9. The fraction of sp³-hybridized carbons (Fsp3) is 0.235. The molecule has 1 amide bonds. The van der Waals surface area contributed by atoms with Crippen LogP contribution >= 0.6 is 0 Å². The molecule has 23 heavy (non-hydrogen) atoms. The molecule has 0 aliphatic rings. The Morgan fingerprint density at radius 1 is 1.13 bits per heavy atom. The monoisotopic (exact) mass is 315 g/mol. The third-order valence-electron chi connectivity index (χ3n) is 3.17. The minimum Gasteiger partial charge on any atom is -0.457 e. The van der Waals surface area contributed by atoms with Gasteiger partial charge in [-0.2, -0.15) is 0 Å². The molecule has 0 saturated heterocycles. The van der Waals surface area contributed by atoms with Gasteiger partial charge in [0.2, 0.25) is 5.76 Å². The van der Waals surface area contributed by atoms with Gasteiger partial charge in [-0.15, -0.1) is 0 Å². The van der Waals surface area contributed by atoms with E-state index in [-0.39, 0.29) is 11.5 Å². The summed E-state index contributed by atoms with van der Waals surface area (Å²) < 4.78 is 9.69. The molecule has 0 aliphatic carbocycles. The van der Waals surface area contributed by atoms with Gasteiger partial charge in [0.25, 0.3) is 5.91 Å². The van der Waals surface area contributed by atoms with Crippen LogP contribution in [0.3, 0.4) is 0 Å². The van der Waals surface area contributed by atoms with Crippen LogP contribution in [0.5, 0.6) is 0 Å². The number of nitrogens with one attached hydrogen (secondary N) is 1. The highest BCUT2D eigenvalue weighted by molar-refractivity contribution is 5.91. The largest absolute Gasteiger partial charge is 0.457 e. The summed E-state index contributed by atoms with van der Waals surface area (Å²) >= 11 is 0. The van der Waals surface area contributed by atoms with E-state index in [1.165, 1.54) is 19.3 Å². The quantitative estimate of drug-likeness (QED) is 0.787. The van der Waals surface area contributed by atoms with Crippen molar-refractivity contribution in [3.63, 3.8) is 0 Å². The van der Waals surface area contributed by atoms with Crippen LogP contribution < -0.4 is 5.32 Å². The molecule has 0 aliphatic heterocycles. The highest BCUT2D eigenvalue weighted by atomic mass is 16.5. The van der Waals surface area contributed by atoms with E-state index in [9.17, 15) is 14.4 Å². The Balaban J connectivity index is 1.86. The highest BCUT2D eigenvalue weighted by Crippen LogP contribution is 2.05. The van der Waals surface area contributed by atoms with E-state index < -0.39 is 24.5 Å². The third-order valence-corrected chi connectivity index (χ3v) is 3.17. The molecular formula is C17H17NO5. The van der Waals surface area contributed by atoms with Gasteiger partial charge < -0.3 is 14.5 Å². The third kappa shape index (κ3) is 5.10. The summed E-state index contributed by atoms with van der Waals surface area (Å²) in [5.41, 5.74) is 0.931. The predicted octanol–water partition coefficient (Wildman–Crippen LogP) is 1.75. The molecule has 6 nitrogen and oxygen atoms in total. The second kappa shape index (κ2) is 7.93. The SMILES string of the molecule is CC(=O)[C@H](Cc1ccccc1)NC(=O)COC(=O)c1ccco1. The number of rotatable bonds is 7. The van der Waals surface area contributed by atoms with Crippen LogP contribution in [-0.4, -0.2) is 30.3 Å². The normalized spacial score (nSPS) is 11.5. The second-order valence-corrected chi connectivity index (χ2v) is 4.97. The zero-order valence-electron chi connectivity index (χ0n) is 12.7. The first-order valence-electron chi connectivity index (χ1n) is 7.10. The number of hydrogen-bond donors (Lipinski definition) is 1. The Morgan fingerprint density at radius 3 is 2.48 bits per heavy atom. The highest BCUT2D eigenvalue weighted by Gasteiger charge is 2.19. The van der Waals surface area contributed by atoms with Crippen LogP contribution in [0.25, 0.3) is 0 Å². The predicted molar refractivity (Wildman–Crippen MR) is 81.7 cm³/mol. The number of hydrogen-bond acceptors (Lipinski definition) is 5. The van der Waals surface area contributed by atoms with Gasteiger partial charge in [-0.25, -0.2) is 4.79 Å². The van der Waals surface area contributed by atoms with Gasteiger partial charge in [-0.3, -0.25) is 9.59 Å². The lowest BCUT2D eigenvalue weighted by Gasteiger charge is -2.16. The number of amides is 1. The molecule has 1 aromatic heterocycles. The molecule has 1 heterocycles. The van der Waals surface area contributed by atoms with Gasteiger partial charge in [0, 0.05) is 0 Å². The minimum absolute atomic E-state index is 0.0187. The standard InChI is InChI=1S/C17H17NO5/c1-12(19)14(10-13-6-3-2-4-7-13)18-16(20)11-23-17(21)15-8-5-9-22-15/h2-9,14H,10-11H2,1H3,(H,18,20)/t14-/m0/s1. The summed E-state index contributed by atoms with van der Waals surface area (Å²) in [5, 5.41) is 2.57. The van der Waals surface area contributed by atoms with E-state index in [1.807, 2.05) is 30.3 Å². The average Bonchev–Trinajstić information content (AvgIpc) is 3.07. The van der Waals surface area contributed by atoms with Crippen LogP contribution in [0.4, 0.5) is 0 Å². The fourth-order valence-electron chi connectivity index (χ4n) is 1.98. The number of carbonyl (C=O) groups is 3. The number of furan rings is 1. The first-order chi connectivity index (χ1) is 11.1. The maximum Gasteiger partial charge on any atom is 0.374 e. The van der Waals surface area contributed by atoms with Crippen molar-refractivity contribution in [3.8, 4) is 0 Å². The molecule has 0 bridgehead atoms. The lowest BCUT2D eigenvalue weighted by atomic mass is 10.0. The van der Waals surface area contributed by atoms with Gasteiger partial charge in [-0.1, -0.05) is 30.3 Å². The van der Waals surface area contributed by atoms with Crippen molar-refractivity contribution in [1.82, 2.24) is 5.32 Å². The Hall–Kier alpha value is -2.89. The van der Waals surface area contributed by atoms with Crippen LogP contribution in [0.15, 0.2) is 53.1 Å². The first-order valence-corrected chi connectivity index (χ1v) is 7.10. The molecule has 1 atom stereocenters. The van der Waals surface area contributed by atoms with Gasteiger partial charge in [0.15, 0.2) is 12.4 Å². The number of esters is 1. The van der Waals surface area contributed by atoms with E-state index in [1.54, 1.807) is 6.07 Å². The van der Waals surface area contributed by atoms with Crippen molar-refractivity contribution in [2.75, 3.05) is 6.61 Å². The summed E-state index contributed by atoms with van der Waals surface area (Å²) in [4.78, 5) is 35.1. The first kappa shape index (κ1) is 16.5. The number of Topliss-reactive ketones (excluding diaryl/α,β-unsaturated/α-hetero) is 1. The number of ether oxygens (including phenoxy) is 1. The lowest BCUT2D eigenvalue weighted by molar-refractivity contribution is -0.128. The maximum atomic E-state index is 11.9. The van der Waals surface area contributed by atoms with E-state index in [0.29, 0.717) is 6.42 Å². The molecule has 0 fully saturated rings. The van der Waals surface area contributed by atoms with Gasteiger partial charge in [-0.05, 0) is 31.0 Å². The summed E-state index contributed by atoms with van der Waals surface area (Å²) in [7, 11) is 0. The van der Waals surface area contributed by atoms with Gasteiger partial charge >= 0.3 is 5.97 Å². The summed E-state index contributed by atoms with van der Waals surface area (Å²) in [6, 6.07) is 11.7. The fourth-order valence-corrected chi connectivity index (χ4v) is 1.98. The van der Waals surface area contributed by atoms with Crippen molar-refractivity contribution in [2.45, 2.75) is 19.4 Å². The Labute approximate surface area is 133 Å². The number of ketones is 1. The molecule has 1 N–H and O–H groups in total. The second-order valence-electron chi connectivity index (χ2n) is 4.97. The molecule has 0 saturated carbocycles. The van der Waals surface area contributed by atoms with Gasteiger partial charge in [0.1, 0.15) is 0 Å². The smallest absolute Gasteiger partial charge is 0.374 e. The summed E-state index contributed by atoms with van der Waals surface area (Å²) in [6.07, 6.45) is 1.72. The molecule has 6 heteroatoms. The van der Waals surface area contributed by atoms with Crippen molar-refractivity contribution >= 4 is 17.7 Å². The van der Waals surface area contributed by atoms with Crippen LogP contribution in [-0.2, 0) is 20.7 Å². The van der Waals surface area contributed by atoms with E-state index in [2.05, 4.69) is 5.32 Å². The number of benzene rings is 1. The topological polar surface area (TPSA) is 85.6 Å². The molecule has 0 unspecified atom stereocenters. The molecule has 2 rings (SSSR count). The lowest BCUT2D eigenvalue weighted by Crippen LogP contribution is -2.43. The van der Waals surface area contributed by atoms with Crippen LogP contribution in [0, 0.1) is 0 Å². The molecule has 1 aromatic carbocycles.